The quantitative estimate of drug-likeness (QED) is 0.289. The number of non-ortho nitro benzene ring substituents is 1. The lowest BCUT2D eigenvalue weighted by Crippen LogP contribution is -1.98. The van der Waals surface area contributed by atoms with Crippen molar-refractivity contribution >= 4 is 24.1 Å². The lowest BCUT2D eigenvalue weighted by molar-refractivity contribution is -0.384. The molecule has 138 valence electrons. The van der Waals surface area contributed by atoms with Gasteiger partial charge in [0.2, 0.25) is 4.77 Å². The first-order chi connectivity index (χ1) is 13.1. The lowest BCUT2D eigenvalue weighted by Gasteiger charge is -2.06. The second-order valence-electron chi connectivity index (χ2n) is 5.64. The van der Waals surface area contributed by atoms with Crippen molar-refractivity contribution in [1.29, 1.82) is 0 Å². The molecule has 8 nitrogen and oxygen atoms in total. The monoisotopic (exact) mass is 383 g/mol. The molecule has 2 aromatic carbocycles. The highest BCUT2D eigenvalue weighted by Gasteiger charge is 2.04. The number of aromatic nitrogens is 3. The average molecular weight is 383 g/mol. The Morgan fingerprint density at radius 3 is 2.59 bits per heavy atom. The number of nitrogens with one attached hydrogen (secondary N) is 1. The minimum atomic E-state index is -0.425. The Morgan fingerprint density at radius 2 is 1.96 bits per heavy atom. The standard InChI is InChI=1S/C18H17N5O3S/c1-2-17-20-21-18(27)22(17)19-11-13-5-9-16(10-6-13)26-12-14-3-7-15(8-4-14)23(24)25/h3-11H,2,12H2,1H3,(H,21,27)/b19-11-. The summed E-state index contributed by atoms with van der Waals surface area (Å²) in [5.74, 6) is 1.46. The second-order valence-corrected chi connectivity index (χ2v) is 6.02. The molecule has 1 aromatic heterocycles. The van der Waals surface area contributed by atoms with Gasteiger partial charge in [0.15, 0.2) is 5.82 Å². The van der Waals surface area contributed by atoms with E-state index in [1.807, 2.05) is 31.2 Å². The third-order valence-corrected chi connectivity index (χ3v) is 4.05. The molecule has 3 aromatic rings. The Morgan fingerprint density at radius 1 is 1.26 bits per heavy atom. The maximum absolute atomic E-state index is 10.7. The number of rotatable bonds is 7. The Bertz CT molecular complexity index is 1010. The zero-order valence-electron chi connectivity index (χ0n) is 14.5. The number of hydrogen-bond acceptors (Lipinski definition) is 6. The number of hydrogen-bond donors (Lipinski definition) is 1. The van der Waals surface area contributed by atoms with E-state index in [9.17, 15) is 10.1 Å². The second kappa shape index (κ2) is 8.37. The van der Waals surface area contributed by atoms with Crippen LogP contribution in [0.25, 0.3) is 0 Å². The number of H-pyrrole nitrogens is 1. The van der Waals surface area contributed by atoms with Crippen LogP contribution in [0.1, 0.15) is 23.9 Å². The van der Waals surface area contributed by atoms with Gasteiger partial charge in [-0.25, -0.2) is 0 Å². The molecule has 9 heteroatoms. The molecular formula is C18H17N5O3S. The molecule has 0 atom stereocenters. The van der Waals surface area contributed by atoms with Crippen LogP contribution >= 0.6 is 12.2 Å². The summed E-state index contributed by atoms with van der Waals surface area (Å²) in [5, 5.41) is 21.8. The molecule has 0 bridgehead atoms. The Labute approximate surface area is 160 Å². The summed E-state index contributed by atoms with van der Waals surface area (Å²) in [6.45, 7) is 2.31. The predicted octanol–water partition coefficient (Wildman–Crippen LogP) is 3.87. The van der Waals surface area contributed by atoms with E-state index in [4.69, 9.17) is 17.0 Å². The third kappa shape index (κ3) is 4.64. The molecular weight excluding hydrogens is 366 g/mol. The van der Waals surface area contributed by atoms with Gasteiger partial charge >= 0.3 is 0 Å². The fraction of sp³-hybridized carbons (Fsp3) is 0.167. The first kappa shape index (κ1) is 18.5. The van der Waals surface area contributed by atoms with Crippen LogP contribution < -0.4 is 4.74 Å². The molecule has 1 N–H and O–H groups in total. The van der Waals surface area contributed by atoms with Crippen LogP contribution in [0.5, 0.6) is 5.75 Å². The van der Waals surface area contributed by atoms with Crippen LogP contribution in [0.4, 0.5) is 5.69 Å². The van der Waals surface area contributed by atoms with Gasteiger partial charge < -0.3 is 4.74 Å². The smallest absolute Gasteiger partial charge is 0.269 e. The van der Waals surface area contributed by atoms with Gasteiger partial charge in [-0.05, 0) is 59.7 Å². The molecule has 3 rings (SSSR count). The van der Waals surface area contributed by atoms with Gasteiger partial charge in [0.25, 0.3) is 5.69 Å². The molecule has 27 heavy (non-hydrogen) atoms. The zero-order valence-corrected chi connectivity index (χ0v) is 15.3. The lowest BCUT2D eigenvalue weighted by atomic mass is 10.2. The maximum Gasteiger partial charge on any atom is 0.269 e. The van der Waals surface area contributed by atoms with Crippen molar-refractivity contribution in [2.75, 3.05) is 0 Å². The number of ether oxygens (including phenoxy) is 1. The van der Waals surface area contributed by atoms with E-state index >= 15 is 0 Å². The summed E-state index contributed by atoms with van der Waals surface area (Å²) in [5.41, 5.74) is 1.81. The number of aromatic amines is 1. The molecule has 0 radical (unpaired) electrons. The van der Waals surface area contributed by atoms with E-state index in [2.05, 4.69) is 15.3 Å². The van der Waals surface area contributed by atoms with Crippen molar-refractivity contribution < 1.29 is 9.66 Å². The summed E-state index contributed by atoms with van der Waals surface area (Å²) in [6.07, 6.45) is 2.42. The SMILES string of the molecule is CCc1n[nH]c(=S)n1/N=C\c1ccc(OCc2ccc([N+](=O)[O-])cc2)cc1. The minimum Gasteiger partial charge on any atom is -0.489 e. The molecule has 0 amide bonds. The molecule has 0 spiro atoms. The number of nitrogens with zero attached hydrogens (tertiary/aromatic N) is 4. The first-order valence-corrected chi connectivity index (χ1v) is 8.64. The van der Waals surface area contributed by atoms with Gasteiger partial charge in [-0.1, -0.05) is 6.92 Å². The molecule has 0 fully saturated rings. The highest BCUT2D eigenvalue weighted by Crippen LogP contribution is 2.16. The van der Waals surface area contributed by atoms with Gasteiger partial charge in [-0.3, -0.25) is 15.2 Å². The zero-order chi connectivity index (χ0) is 19.2. The van der Waals surface area contributed by atoms with Crippen LogP contribution in [0.3, 0.4) is 0 Å². The molecule has 0 saturated heterocycles. The molecule has 0 aliphatic heterocycles. The van der Waals surface area contributed by atoms with E-state index in [1.165, 1.54) is 12.1 Å². The summed E-state index contributed by atoms with van der Waals surface area (Å²) >= 11 is 5.15. The van der Waals surface area contributed by atoms with Gasteiger partial charge in [0.05, 0.1) is 11.1 Å². The first-order valence-electron chi connectivity index (χ1n) is 8.23. The van der Waals surface area contributed by atoms with E-state index in [0.29, 0.717) is 17.1 Å². The largest absolute Gasteiger partial charge is 0.489 e. The number of nitro groups is 1. The van der Waals surface area contributed by atoms with Crippen LogP contribution in [0.15, 0.2) is 53.6 Å². The number of benzene rings is 2. The van der Waals surface area contributed by atoms with Crippen LogP contribution in [-0.4, -0.2) is 26.0 Å². The highest BCUT2D eigenvalue weighted by atomic mass is 32.1. The van der Waals surface area contributed by atoms with E-state index < -0.39 is 4.92 Å². The van der Waals surface area contributed by atoms with E-state index in [1.54, 1.807) is 23.0 Å². The Kier molecular flexibility index (Phi) is 5.72. The van der Waals surface area contributed by atoms with Crippen LogP contribution in [0, 0.1) is 14.9 Å². The van der Waals surface area contributed by atoms with Gasteiger partial charge in [-0.15, -0.1) is 0 Å². The van der Waals surface area contributed by atoms with E-state index in [-0.39, 0.29) is 5.69 Å². The molecule has 0 aliphatic rings. The molecule has 0 unspecified atom stereocenters. The average Bonchev–Trinajstić information content (AvgIpc) is 3.05. The maximum atomic E-state index is 10.7. The van der Waals surface area contributed by atoms with Gasteiger partial charge in [-0.2, -0.15) is 14.9 Å². The minimum absolute atomic E-state index is 0.0614. The normalized spacial score (nSPS) is 11.0. The van der Waals surface area contributed by atoms with E-state index in [0.717, 1.165) is 23.4 Å². The predicted molar refractivity (Wildman–Crippen MR) is 104 cm³/mol. The third-order valence-electron chi connectivity index (χ3n) is 3.79. The van der Waals surface area contributed by atoms with Crippen molar-refractivity contribution in [3.63, 3.8) is 0 Å². The summed E-state index contributed by atoms with van der Waals surface area (Å²) in [6, 6.07) is 13.7. The number of nitro benzene ring substituents is 1. The number of aryl methyl sites for hydroxylation is 1. The van der Waals surface area contributed by atoms with Crippen molar-refractivity contribution in [1.82, 2.24) is 14.9 Å². The summed E-state index contributed by atoms with van der Waals surface area (Å²) in [4.78, 5) is 10.2. The molecule has 1 heterocycles. The summed E-state index contributed by atoms with van der Waals surface area (Å²) in [7, 11) is 0. The fourth-order valence-electron chi connectivity index (χ4n) is 2.33. The van der Waals surface area contributed by atoms with Crippen molar-refractivity contribution in [3.05, 3.63) is 80.4 Å². The van der Waals surface area contributed by atoms with Crippen molar-refractivity contribution in [2.24, 2.45) is 5.10 Å². The van der Waals surface area contributed by atoms with Gasteiger partial charge in [0.1, 0.15) is 12.4 Å². The molecule has 0 aliphatic carbocycles. The summed E-state index contributed by atoms with van der Waals surface area (Å²) < 4.78 is 7.74. The highest BCUT2D eigenvalue weighted by molar-refractivity contribution is 7.71. The van der Waals surface area contributed by atoms with Gasteiger partial charge in [0, 0.05) is 18.6 Å². The Hall–Kier alpha value is -3.33. The van der Waals surface area contributed by atoms with Crippen LogP contribution in [-0.2, 0) is 13.0 Å². The fourth-order valence-corrected chi connectivity index (χ4v) is 2.53. The Balaban J connectivity index is 1.61. The van der Waals surface area contributed by atoms with Crippen molar-refractivity contribution in [2.45, 2.75) is 20.0 Å². The molecule has 0 saturated carbocycles. The topological polar surface area (TPSA) is 98.3 Å². The van der Waals surface area contributed by atoms with Crippen molar-refractivity contribution in [3.8, 4) is 5.75 Å². The van der Waals surface area contributed by atoms with Crippen LogP contribution in [0.2, 0.25) is 0 Å².